The quantitative estimate of drug-likeness (QED) is 0.784. The van der Waals surface area contributed by atoms with Gasteiger partial charge in [0, 0.05) is 5.41 Å². The van der Waals surface area contributed by atoms with Crippen molar-refractivity contribution in [1.29, 1.82) is 0 Å². The summed E-state index contributed by atoms with van der Waals surface area (Å²) in [6.07, 6.45) is 7.63. The lowest BCUT2D eigenvalue weighted by molar-refractivity contribution is -0.139. The Morgan fingerprint density at radius 1 is 1.44 bits per heavy atom. The second kappa shape index (κ2) is 4.74. The minimum Gasteiger partial charge on any atom is -0.481 e. The van der Waals surface area contributed by atoms with E-state index in [1.165, 1.54) is 12.8 Å². The van der Waals surface area contributed by atoms with E-state index in [1.807, 2.05) is 0 Å². The number of aliphatic carboxylic acids is 1. The number of hydrogen-bond donors (Lipinski definition) is 1. The summed E-state index contributed by atoms with van der Waals surface area (Å²) in [5, 5.41) is 8.81. The third-order valence-electron chi connectivity index (χ3n) is 4.00. The number of rotatable bonds is 5. The highest BCUT2D eigenvalue weighted by atomic mass is 16.5. The molecule has 0 heterocycles. The van der Waals surface area contributed by atoms with Gasteiger partial charge in [-0.25, -0.2) is 0 Å². The van der Waals surface area contributed by atoms with Crippen molar-refractivity contribution in [2.24, 2.45) is 11.3 Å². The molecule has 92 valence electrons. The number of carbonyl (C=O) groups is 1. The molecule has 2 aliphatic carbocycles. The molecule has 3 nitrogen and oxygen atoms in total. The van der Waals surface area contributed by atoms with Crippen LogP contribution in [0.5, 0.6) is 0 Å². The highest BCUT2D eigenvalue weighted by Gasteiger charge is 2.45. The number of ether oxygens (including phenoxy) is 1. The van der Waals surface area contributed by atoms with E-state index < -0.39 is 5.97 Å². The lowest BCUT2D eigenvalue weighted by Gasteiger charge is -2.28. The Balaban J connectivity index is 1.72. The first-order chi connectivity index (χ1) is 7.60. The van der Waals surface area contributed by atoms with Gasteiger partial charge in [-0.15, -0.1) is 0 Å². The first kappa shape index (κ1) is 11.9. The van der Waals surface area contributed by atoms with Gasteiger partial charge in [-0.2, -0.15) is 0 Å². The molecule has 0 aromatic heterocycles. The molecule has 0 aromatic carbocycles. The molecule has 0 aliphatic heterocycles. The van der Waals surface area contributed by atoms with Crippen molar-refractivity contribution >= 4 is 5.97 Å². The van der Waals surface area contributed by atoms with Gasteiger partial charge in [0.15, 0.2) is 0 Å². The van der Waals surface area contributed by atoms with Crippen LogP contribution >= 0.6 is 0 Å². The summed E-state index contributed by atoms with van der Waals surface area (Å²) in [7, 11) is 0. The van der Waals surface area contributed by atoms with Crippen molar-refractivity contribution in [2.75, 3.05) is 6.61 Å². The fraction of sp³-hybridized carbons (Fsp3) is 0.923. The first-order valence-corrected chi connectivity index (χ1v) is 6.43. The zero-order chi connectivity index (χ0) is 11.6. The Hall–Kier alpha value is -0.570. The van der Waals surface area contributed by atoms with Crippen LogP contribution in [0.4, 0.5) is 0 Å². The molecular formula is C13H22O3. The molecule has 1 N–H and O–H groups in total. The van der Waals surface area contributed by atoms with E-state index in [-0.39, 0.29) is 11.8 Å². The van der Waals surface area contributed by atoms with Crippen LogP contribution < -0.4 is 0 Å². The van der Waals surface area contributed by atoms with Gasteiger partial charge < -0.3 is 9.84 Å². The molecule has 2 rings (SSSR count). The molecule has 2 unspecified atom stereocenters. The molecule has 16 heavy (non-hydrogen) atoms. The third kappa shape index (κ3) is 3.21. The summed E-state index contributed by atoms with van der Waals surface area (Å²) in [4.78, 5) is 10.7. The molecule has 2 atom stereocenters. The summed E-state index contributed by atoms with van der Waals surface area (Å²) in [5.74, 6) is 0.0893. The molecule has 0 amide bonds. The van der Waals surface area contributed by atoms with Gasteiger partial charge >= 0.3 is 5.97 Å². The topological polar surface area (TPSA) is 46.5 Å². The predicted octanol–water partition coefficient (Wildman–Crippen LogP) is 2.84. The summed E-state index contributed by atoms with van der Waals surface area (Å²) < 4.78 is 5.92. The average Bonchev–Trinajstić information content (AvgIpc) is 2.95. The first-order valence-electron chi connectivity index (χ1n) is 6.43. The summed E-state index contributed by atoms with van der Waals surface area (Å²) in [6.45, 7) is 2.94. The maximum Gasteiger partial charge on any atom is 0.303 e. The van der Waals surface area contributed by atoms with Crippen molar-refractivity contribution < 1.29 is 14.6 Å². The van der Waals surface area contributed by atoms with E-state index in [2.05, 4.69) is 6.92 Å². The largest absolute Gasteiger partial charge is 0.481 e. The maximum atomic E-state index is 10.7. The molecule has 2 saturated carbocycles. The molecule has 2 fully saturated rings. The highest BCUT2D eigenvalue weighted by molar-refractivity contribution is 5.68. The number of hydrogen-bond acceptors (Lipinski definition) is 2. The fourth-order valence-electron chi connectivity index (χ4n) is 2.69. The second-order valence-corrected chi connectivity index (χ2v) is 5.78. The van der Waals surface area contributed by atoms with E-state index in [1.54, 1.807) is 0 Å². The fourth-order valence-corrected chi connectivity index (χ4v) is 2.69. The second-order valence-electron chi connectivity index (χ2n) is 5.78. The van der Waals surface area contributed by atoms with E-state index in [0.29, 0.717) is 12.7 Å². The smallest absolute Gasteiger partial charge is 0.303 e. The van der Waals surface area contributed by atoms with Gasteiger partial charge in [-0.1, -0.05) is 19.8 Å². The van der Waals surface area contributed by atoms with Crippen LogP contribution in [-0.2, 0) is 9.53 Å². The molecule has 0 saturated heterocycles. The van der Waals surface area contributed by atoms with E-state index in [0.717, 1.165) is 31.6 Å². The summed E-state index contributed by atoms with van der Waals surface area (Å²) in [6, 6.07) is 0. The SMILES string of the molecule is CC1CCCC(OCC2(CC(=O)O)CC2)C1. The molecule has 0 aromatic rings. The Kier molecular flexibility index (Phi) is 3.53. The molecule has 3 heteroatoms. The lowest BCUT2D eigenvalue weighted by Crippen LogP contribution is -2.25. The van der Waals surface area contributed by atoms with Crippen LogP contribution in [0.15, 0.2) is 0 Å². The Morgan fingerprint density at radius 3 is 2.75 bits per heavy atom. The third-order valence-corrected chi connectivity index (χ3v) is 4.00. The summed E-state index contributed by atoms with van der Waals surface area (Å²) in [5.41, 5.74) is -0.00742. The van der Waals surface area contributed by atoms with E-state index in [9.17, 15) is 4.79 Å². The van der Waals surface area contributed by atoms with Gasteiger partial charge in [-0.3, -0.25) is 4.79 Å². The number of carboxylic acids is 1. The minimum absolute atomic E-state index is 0.00742. The van der Waals surface area contributed by atoms with Gasteiger partial charge in [0.2, 0.25) is 0 Å². The van der Waals surface area contributed by atoms with Gasteiger partial charge in [0.05, 0.1) is 19.1 Å². The molecule has 0 radical (unpaired) electrons. The van der Waals surface area contributed by atoms with Crippen LogP contribution in [0.3, 0.4) is 0 Å². The zero-order valence-corrected chi connectivity index (χ0v) is 10.1. The standard InChI is InChI=1S/C13H22O3/c1-10-3-2-4-11(7-10)16-9-13(5-6-13)8-12(14)15/h10-11H,2-9H2,1H3,(H,14,15). The number of carboxylic acid groups (broad SMARTS) is 1. The van der Waals surface area contributed by atoms with E-state index in [4.69, 9.17) is 9.84 Å². The van der Waals surface area contributed by atoms with Crippen LogP contribution in [0.2, 0.25) is 0 Å². The van der Waals surface area contributed by atoms with Gasteiger partial charge in [0.1, 0.15) is 0 Å². The molecule has 2 aliphatic rings. The van der Waals surface area contributed by atoms with Crippen molar-refractivity contribution in [2.45, 2.75) is 58.0 Å². The van der Waals surface area contributed by atoms with Gasteiger partial charge in [0.25, 0.3) is 0 Å². The van der Waals surface area contributed by atoms with Crippen LogP contribution in [0, 0.1) is 11.3 Å². The van der Waals surface area contributed by atoms with E-state index >= 15 is 0 Å². The highest BCUT2D eigenvalue weighted by Crippen LogP contribution is 2.49. The Morgan fingerprint density at radius 2 is 2.19 bits per heavy atom. The van der Waals surface area contributed by atoms with Gasteiger partial charge in [-0.05, 0) is 31.6 Å². The van der Waals surface area contributed by atoms with Crippen LogP contribution in [-0.4, -0.2) is 23.8 Å². The minimum atomic E-state index is -0.682. The zero-order valence-electron chi connectivity index (χ0n) is 10.1. The lowest BCUT2D eigenvalue weighted by atomic mass is 9.88. The molecular weight excluding hydrogens is 204 g/mol. The maximum absolute atomic E-state index is 10.7. The monoisotopic (exact) mass is 226 g/mol. The molecule has 0 spiro atoms. The average molecular weight is 226 g/mol. The summed E-state index contributed by atoms with van der Waals surface area (Å²) >= 11 is 0. The van der Waals surface area contributed by atoms with Crippen molar-refractivity contribution in [3.63, 3.8) is 0 Å². The van der Waals surface area contributed by atoms with Crippen LogP contribution in [0.25, 0.3) is 0 Å². The van der Waals surface area contributed by atoms with Crippen molar-refractivity contribution in [1.82, 2.24) is 0 Å². The molecule has 0 bridgehead atoms. The predicted molar refractivity (Wildman–Crippen MR) is 61.3 cm³/mol. The Labute approximate surface area is 97.2 Å². The Bertz CT molecular complexity index is 258. The van der Waals surface area contributed by atoms with Crippen LogP contribution in [0.1, 0.15) is 51.9 Å². The van der Waals surface area contributed by atoms with Crippen molar-refractivity contribution in [3.05, 3.63) is 0 Å². The normalized spacial score (nSPS) is 32.3. The van der Waals surface area contributed by atoms with Crippen molar-refractivity contribution in [3.8, 4) is 0 Å².